The first kappa shape index (κ1) is 14.4. The minimum atomic E-state index is -0.268. The van der Waals surface area contributed by atoms with Gasteiger partial charge in [-0.2, -0.15) is 0 Å². The second kappa shape index (κ2) is 5.04. The maximum atomic E-state index is 8.48. The summed E-state index contributed by atoms with van der Waals surface area (Å²) in [6.45, 7) is 4.94. The van der Waals surface area contributed by atoms with Crippen molar-refractivity contribution in [1.82, 2.24) is 4.90 Å². The average molecular weight is 319 g/mol. The molecule has 0 saturated heterocycles. The van der Waals surface area contributed by atoms with E-state index in [9.17, 15) is 0 Å². The number of hydrogen-bond acceptors (Lipinski definition) is 1. The number of hydrogen-bond donors (Lipinski definition) is 1. The van der Waals surface area contributed by atoms with E-state index in [4.69, 9.17) is 28.6 Å². The van der Waals surface area contributed by atoms with Crippen LogP contribution in [0.25, 0.3) is 0 Å². The van der Waals surface area contributed by atoms with Crippen LogP contribution in [0.2, 0.25) is 10.0 Å². The quantitative estimate of drug-likeness (QED) is 0.822. The van der Waals surface area contributed by atoms with Gasteiger partial charge >= 0.3 is 0 Å². The van der Waals surface area contributed by atoms with Crippen LogP contribution in [-0.2, 0) is 12.1 Å². The van der Waals surface area contributed by atoms with Crippen LogP contribution in [0.3, 0.4) is 0 Å². The Kier molecular flexibility index (Phi) is 3.46. The van der Waals surface area contributed by atoms with Crippen LogP contribution in [0.15, 0.2) is 42.5 Å². The topological polar surface area (TPSA) is 27.1 Å². The van der Waals surface area contributed by atoms with Crippen molar-refractivity contribution >= 4 is 29.0 Å². The summed E-state index contributed by atoms with van der Waals surface area (Å²) >= 11 is 12.2. The summed E-state index contributed by atoms with van der Waals surface area (Å²) in [6.07, 6.45) is 0. The molecule has 1 N–H and O–H groups in total. The van der Waals surface area contributed by atoms with Gasteiger partial charge in [-0.3, -0.25) is 5.41 Å². The number of halogens is 2. The summed E-state index contributed by atoms with van der Waals surface area (Å²) in [7, 11) is 0. The normalized spacial score (nSPS) is 14.5. The van der Waals surface area contributed by atoms with Crippen molar-refractivity contribution in [3.8, 4) is 0 Å². The van der Waals surface area contributed by atoms with Crippen LogP contribution >= 0.6 is 23.2 Å². The molecule has 0 radical (unpaired) electrons. The molecule has 21 heavy (non-hydrogen) atoms. The van der Waals surface area contributed by atoms with Crippen molar-refractivity contribution in [2.24, 2.45) is 0 Å². The SMILES string of the molecule is CC(C)(c1ccccc1)N1Cc2cc(Cl)c(Cl)cc2C1=N. The first-order chi connectivity index (χ1) is 9.91. The Balaban J connectivity index is 2.01. The van der Waals surface area contributed by atoms with Gasteiger partial charge in [0.25, 0.3) is 0 Å². The standard InChI is InChI=1S/C17H16Cl2N2/c1-17(2,12-6-4-3-5-7-12)21-10-11-8-14(18)15(19)9-13(11)16(21)20/h3-9,20H,10H2,1-2H3. The molecule has 0 fully saturated rings. The van der Waals surface area contributed by atoms with Crippen molar-refractivity contribution in [1.29, 1.82) is 5.41 Å². The highest BCUT2D eigenvalue weighted by atomic mass is 35.5. The van der Waals surface area contributed by atoms with Crippen LogP contribution in [-0.4, -0.2) is 10.7 Å². The number of fused-ring (bicyclic) bond motifs is 1. The van der Waals surface area contributed by atoms with E-state index < -0.39 is 0 Å². The van der Waals surface area contributed by atoms with E-state index in [2.05, 4.69) is 30.9 Å². The lowest BCUT2D eigenvalue weighted by atomic mass is 9.92. The van der Waals surface area contributed by atoms with Crippen molar-refractivity contribution in [3.63, 3.8) is 0 Å². The van der Waals surface area contributed by atoms with Gasteiger partial charge in [-0.05, 0) is 37.1 Å². The highest BCUT2D eigenvalue weighted by molar-refractivity contribution is 6.42. The minimum Gasteiger partial charge on any atom is -0.343 e. The smallest absolute Gasteiger partial charge is 0.129 e. The number of benzene rings is 2. The zero-order valence-corrected chi connectivity index (χ0v) is 13.5. The molecule has 2 aromatic carbocycles. The van der Waals surface area contributed by atoms with E-state index in [0.717, 1.165) is 11.1 Å². The molecule has 1 aliphatic rings. The second-order valence-electron chi connectivity index (χ2n) is 5.78. The van der Waals surface area contributed by atoms with Crippen molar-refractivity contribution in [3.05, 3.63) is 69.2 Å². The molecule has 4 heteroatoms. The molecular weight excluding hydrogens is 303 g/mol. The third kappa shape index (κ3) is 2.33. The van der Waals surface area contributed by atoms with Crippen molar-refractivity contribution in [2.45, 2.75) is 25.9 Å². The van der Waals surface area contributed by atoms with Gasteiger partial charge in [-0.1, -0.05) is 53.5 Å². The summed E-state index contributed by atoms with van der Waals surface area (Å²) < 4.78 is 0. The highest BCUT2D eigenvalue weighted by Crippen LogP contribution is 2.38. The van der Waals surface area contributed by atoms with Gasteiger partial charge in [0.15, 0.2) is 0 Å². The molecule has 2 nitrogen and oxygen atoms in total. The first-order valence-corrected chi connectivity index (χ1v) is 7.57. The van der Waals surface area contributed by atoms with Crippen LogP contribution < -0.4 is 0 Å². The largest absolute Gasteiger partial charge is 0.343 e. The van der Waals surface area contributed by atoms with E-state index in [-0.39, 0.29) is 5.54 Å². The summed E-state index contributed by atoms with van der Waals surface area (Å²) in [6, 6.07) is 13.9. The monoisotopic (exact) mass is 318 g/mol. The fourth-order valence-electron chi connectivity index (χ4n) is 2.81. The number of rotatable bonds is 2. The predicted octanol–water partition coefficient (Wildman–Crippen LogP) is 5.07. The molecule has 3 rings (SSSR count). The Morgan fingerprint density at radius 2 is 1.67 bits per heavy atom. The van der Waals surface area contributed by atoms with Gasteiger partial charge in [0.2, 0.25) is 0 Å². The maximum absolute atomic E-state index is 8.48. The molecule has 0 aromatic heterocycles. The molecule has 0 amide bonds. The number of amidine groups is 1. The maximum Gasteiger partial charge on any atom is 0.129 e. The van der Waals surface area contributed by atoms with Crippen molar-refractivity contribution in [2.75, 3.05) is 0 Å². The fraction of sp³-hybridized carbons (Fsp3) is 0.235. The summed E-state index contributed by atoms with van der Waals surface area (Å²) in [4.78, 5) is 2.08. The third-order valence-electron chi connectivity index (χ3n) is 4.15. The molecular formula is C17H16Cl2N2. The summed E-state index contributed by atoms with van der Waals surface area (Å²) in [5.41, 5.74) is 2.84. The third-order valence-corrected chi connectivity index (χ3v) is 4.88. The van der Waals surface area contributed by atoms with E-state index in [1.165, 1.54) is 5.56 Å². The van der Waals surface area contributed by atoms with Gasteiger partial charge in [0.05, 0.1) is 15.6 Å². The van der Waals surface area contributed by atoms with Crippen LogP contribution in [0.5, 0.6) is 0 Å². The molecule has 1 aliphatic heterocycles. The number of nitrogens with one attached hydrogen (secondary N) is 1. The Morgan fingerprint density at radius 1 is 1.05 bits per heavy atom. The Labute approximate surface area is 134 Å². The Bertz CT molecular complexity index is 708. The zero-order valence-electron chi connectivity index (χ0n) is 12.0. The highest BCUT2D eigenvalue weighted by Gasteiger charge is 2.36. The lowest BCUT2D eigenvalue weighted by molar-refractivity contribution is 0.217. The van der Waals surface area contributed by atoms with Crippen molar-refractivity contribution < 1.29 is 0 Å². The average Bonchev–Trinajstić information content (AvgIpc) is 2.78. The van der Waals surface area contributed by atoms with Crippen LogP contribution in [0, 0.1) is 5.41 Å². The predicted molar refractivity (Wildman–Crippen MR) is 88.3 cm³/mol. The molecule has 0 spiro atoms. The van der Waals surface area contributed by atoms with Gasteiger partial charge in [-0.25, -0.2) is 0 Å². The molecule has 108 valence electrons. The Morgan fingerprint density at radius 3 is 2.33 bits per heavy atom. The van der Waals surface area contributed by atoms with Gasteiger partial charge in [0, 0.05) is 12.1 Å². The molecule has 0 atom stereocenters. The van der Waals surface area contributed by atoms with Crippen LogP contribution in [0.1, 0.15) is 30.5 Å². The van der Waals surface area contributed by atoms with Gasteiger partial charge in [-0.15, -0.1) is 0 Å². The Hall–Kier alpha value is -1.51. The fourth-order valence-corrected chi connectivity index (χ4v) is 3.16. The summed E-state index contributed by atoms with van der Waals surface area (Å²) in [5, 5.41) is 9.53. The van der Waals surface area contributed by atoms with E-state index in [1.54, 1.807) is 6.07 Å². The molecule has 0 aliphatic carbocycles. The van der Waals surface area contributed by atoms with E-state index in [0.29, 0.717) is 22.4 Å². The number of nitrogens with zero attached hydrogens (tertiary/aromatic N) is 1. The first-order valence-electron chi connectivity index (χ1n) is 6.81. The molecule has 2 aromatic rings. The van der Waals surface area contributed by atoms with Gasteiger partial charge in [0.1, 0.15) is 5.84 Å². The molecule has 0 bridgehead atoms. The van der Waals surface area contributed by atoms with E-state index in [1.807, 2.05) is 24.3 Å². The lowest BCUT2D eigenvalue weighted by Crippen LogP contribution is -2.41. The molecule has 0 saturated carbocycles. The summed E-state index contributed by atoms with van der Waals surface area (Å²) in [5.74, 6) is 0.498. The second-order valence-corrected chi connectivity index (χ2v) is 6.60. The van der Waals surface area contributed by atoms with Gasteiger partial charge < -0.3 is 4.90 Å². The van der Waals surface area contributed by atoms with Crippen LogP contribution in [0.4, 0.5) is 0 Å². The molecule has 0 unspecified atom stereocenters. The lowest BCUT2D eigenvalue weighted by Gasteiger charge is -2.37. The molecule has 1 heterocycles. The van der Waals surface area contributed by atoms with E-state index >= 15 is 0 Å². The minimum absolute atomic E-state index is 0.268. The zero-order chi connectivity index (χ0) is 15.2.